The number of aromatic nitrogens is 1. The largest absolute Gasteiger partial charge is 0.493 e. The first kappa shape index (κ1) is 12.8. The molecular formula is C13H22N2O. The maximum atomic E-state index is 5.65. The predicted octanol–water partition coefficient (Wildman–Crippen LogP) is 3.47. The van der Waals surface area contributed by atoms with Crippen molar-refractivity contribution >= 4 is 5.82 Å². The van der Waals surface area contributed by atoms with Gasteiger partial charge in [0.2, 0.25) is 0 Å². The molecule has 1 heterocycles. The monoisotopic (exact) mass is 222 g/mol. The molecule has 1 N–H and O–H groups in total. The standard InChI is InChI=1S/C13H22N2O/c1-3-5-6-10-16-12-7-9-15-13(11-12)14-8-4-2/h7,9,11H,3-6,8,10H2,1-2H3,(H,14,15). The summed E-state index contributed by atoms with van der Waals surface area (Å²) in [5, 5.41) is 3.25. The lowest BCUT2D eigenvalue weighted by molar-refractivity contribution is 0.306. The van der Waals surface area contributed by atoms with E-state index in [2.05, 4.69) is 24.1 Å². The molecule has 16 heavy (non-hydrogen) atoms. The highest BCUT2D eigenvalue weighted by Crippen LogP contribution is 2.14. The number of rotatable bonds is 8. The molecule has 0 unspecified atom stereocenters. The van der Waals surface area contributed by atoms with Crippen molar-refractivity contribution in [1.82, 2.24) is 4.98 Å². The van der Waals surface area contributed by atoms with Gasteiger partial charge >= 0.3 is 0 Å². The molecule has 0 aliphatic carbocycles. The highest BCUT2D eigenvalue weighted by Gasteiger charge is 1.97. The number of nitrogens with one attached hydrogen (secondary N) is 1. The normalized spacial score (nSPS) is 10.1. The van der Waals surface area contributed by atoms with Crippen molar-refractivity contribution in [1.29, 1.82) is 0 Å². The Labute approximate surface area is 98.2 Å². The van der Waals surface area contributed by atoms with Gasteiger partial charge in [-0.2, -0.15) is 0 Å². The van der Waals surface area contributed by atoms with Crippen LogP contribution in [-0.4, -0.2) is 18.1 Å². The topological polar surface area (TPSA) is 34.1 Å². The Kier molecular flexibility index (Phi) is 6.38. The smallest absolute Gasteiger partial charge is 0.129 e. The van der Waals surface area contributed by atoms with E-state index in [4.69, 9.17) is 4.74 Å². The van der Waals surface area contributed by atoms with Crippen molar-refractivity contribution < 1.29 is 4.74 Å². The van der Waals surface area contributed by atoms with Gasteiger partial charge in [-0.1, -0.05) is 26.7 Å². The number of unbranched alkanes of at least 4 members (excludes halogenated alkanes) is 2. The predicted molar refractivity (Wildman–Crippen MR) is 68.0 cm³/mol. The number of nitrogens with zero attached hydrogens (tertiary/aromatic N) is 1. The molecule has 0 aromatic carbocycles. The summed E-state index contributed by atoms with van der Waals surface area (Å²) in [4.78, 5) is 4.23. The van der Waals surface area contributed by atoms with E-state index in [0.717, 1.165) is 37.6 Å². The molecule has 0 radical (unpaired) electrons. The van der Waals surface area contributed by atoms with E-state index >= 15 is 0 Å². The molecule has 3 heteroatoms. The third kappa shape index (κ3) is 5.01. The minimum atomic E-state index is 0.797. The van der Waals surface area contributed by atoms with E-state index in [0.29, 0.717) is 0 Å². The van der Waals surface area contributed by atoms with Crippen LogP contribution in [0.1, 0.15) is 39.5 Å². The van der Waals surface area contributed by atoms with Crippen LogP contribution in [-0.2, 0) is 0 Å². The molecule has 90 valence electrons. The molecule has 0 fully saturated rings. The van der Waals surface area contributed by atoms with Gasteiger partial charge in [0.15, 0.2) is 0 Å². The Morgan fingerprint density at radius 3 is 2.88 bits per heavy atom. The Hall–Kier alpha value is -1.25. The fourth-order valence-corrected chi connectivity index (χ4v) is 1.39. The highest BCUT2D eigenvalue weighted by molar-refractivity contribution is 5.40. The molecule has 0 aliphatic rings. The second kappa shape index (κ2) is 7.97. The molecular weight excluding hydrogens is 200 g/mol. The van der Waals surface area contributed by atoms with Gasteiger partial charge in [-0.25, -0.2) is 4.98 Å². The fourth-order valence-electron chi connectivity index (χ4n) is 1.39. The fraction of sp³-hybridized carbons (Fsp3) is 0.615. The van der Waals surface area contributed by atoms with E-state index in [1.54, 1.807) is 6.20 Å². The van der Waals surface area contributed by atoms with Crippen LogP contribution in [0.3, 0.4) is 0 Å². The highest BCUT2D eigenvalue weighted by atomic mass is 16.5. The van der Waals surface area contributed by atoms with Crippen LogP contribution in [0.25, 0.3) is 0 Å². The minimum Gasteiger partial charge on any atom is -0.493 e. The van der Waals surface area contributed by atoms with Crippen molar-refractivity contribution in [3.8, 4) is 5.75 Å². The summed E-state index contributed by atoms with van der Waals surface area (Å²) in [6, 6.07) is 3.87. The minimum absolute atomic E-state index is 0.797. The summed E-state index contributed by atoms with van der Waals surface area (Å²) in [6.07, 6.45) is 6.46. The van der Waals surface area contributed by atoms with Crippen LogP contribution >= 0.6 is 0 Å². The summed E-state index contributed by atoms with van der Waals surface area (Å²) in [7, 11) is 0. The number of pyridine rings is 1. The van der Waals surface area contributed by atoms with Gasteiger partial charge < -0.3 is 10.1 Å². The molecule has 0 atom stereocenters. The second-order valence-corrected chi connectivity index (χ2v) is 3.86. The average Bonchev–Trinajstić information content (AvgIpc) is 2.33. The Balaban J connectivity index is 2.35. The third-order valence-electron chi connectivity index (χ3n) is 2.30. The van der Waals surface area contributed by atoms with Gasteiger partial charge in [0.1, 0.15) is 11.6 Å². The molecule has 0 amide bonds. The molecule has 0 aliphatic heterocycles. The molecule has 3 nitrogen and oxygen atoms in total. The zero-order valence-electron chi connectivity index (χ0n) is 10.3. The summed E-state index contributed by atoms with van der Waals surface area (Å²) in [6.45, 7) is 6.08. The Bertz CT molecular complexity index is 289. The number of anilines is 1. The molecule has 0 saturated carbocycles. The molecule has 0 bridgehead atoms. The first-order valence-electron chi connectivity index (χ1n) is 6.19. The van der Waals surface area contributed by atoms with Gasteiger partial charge in [-0.3, -0.25) is 0 Å². The number of ether oxygens (including phenoxy) is 1. The van der Waals surface area contributed by atoms with Gasteiger partial charge in [0.05, 0.1) is 6.61 Å². The molecule has 1 aromatic heterocycles. The van der Waals surface area contributed by atoms with Gasteiger partial charge in [0, 0.05) is 18.8 Å². The lowest BCUT2D eigenvalue weighted by Gasteiger charge is -2.08. The second-order valence-electron chi connectivity index (χ2n) is 3.86. The lowest BCUT2D eigenvalue weighted by atomic mass is 10.3. The van der Waals surface area contributed by atoms with Crippen LogP contribution in [0.4, 0.5) is 5.82 Å². The summed E-state index contributed by atoms with van der Waals surface area (Å²) in [5.41, 5.74) is 0. The van der Waals surface area contributed by atoms with Gasteiger partial charge in [-0.15, -0.1) is 0 Å². The summed E-state index contributed by atoms with van der Waals surface area (Å²) < 4.78 is 5.65. The first-order valence-corrected chi connectivity index (χ1v) is 6.19. The van der Waals surface area contributed by atoms with E-state index < -0.39 is 0 Å². The Morgan fingerprint density at radius 2 is 2.12 bits per heavy atom. The van der Waals surface area contributed by atoms with Crippen LogP contribution in [0.2, 0.25) is 0 Å². The van der Waals surface area contributed by atoms with E-state index in [-0.39, 0.29) is 0 Å². The SMILES string of the molecule is CCCCCOc1ccnc(NCCC)c1. The van der Waals surface area contributed by atoms with Crippen LogP contribution in [0.5, 0.6) is 5.75 Å². The van der Waals surface area contributed by atoms with Crippen molar-refractivity contribution in [3.63, 3.8) is 0 Å². The van der Waals surface area contributed by atoms with Crippen LogP contribution in [0, 0.1) is 0 Å². The lowest BCUT2D eigenvalue weighted by Crippen LogP contribution is -2.03. The first-order chi connectivity index (χ1) is 7.86. The van der Waals surface area contributed by atoms with Crippen LogP contribution in [0.15, 0.2) is 18.3 Å². The summed E-state index contributed by atoms with van der Waals surface area (Å²) >= 11 is 0. The van der Waals surface area contributed by atoms with Gasteiger partial charge in [0.25, 0.3) is 0 Å². The number of hydrogen-bond donors (Lipinski definition) is 1. The number of hydrogen-bond acceptors (Lipinski definition) is 3. The quantitative estimate of drug-likeness (QED) is 0.684. The van der Waals surface area contributed by atoms with Crippen LogP contribution < -0.4 is 10.1 Å². The zero-order valence-corrected chi connectivity index (χ0v) is 10.3. The maximum absolute atomic E-state index is 5.65. The third-order valence-corrected chi connectivity index (χ3v) is 2.30. The van der Waals surface area contributed by atoms with Crippen molar-refractivity contribution in [2.75, 3.05) is 18.5 Å². The maximum Gasteiger partial charge on any atom is 0.129 e. The van der Waals surface area contributed by atoms with E-state index in [1.165, 1.54) is 12.8 Å². The van der Waals surface area contributed by atoms with E-state index in [1.807, 2.05) is 12.1 Å². The van der Waals surface area contributed by atoms with Crippen molar-refractivity contribution in [2.45, 2.75) is 39.5 Å². The van der Waals surface area contributed by atoms with Crippen molar-refractivity contribution in [2.24, 2.45) is 0 Å². The zero-order chi connectivity index (χ0) is 11.6. The van der Waals surface area contributed by atoms with Gasteiger partial charge in [-0.05, 0) is 18.9 Å². The Morgan fingerprint density at radius 1 is 1.25 bits per heavy atom. The van der Waals surface area contributed by atoms with E-state index in [9.17, 15) is 0 Å². The molecule has 0 spiro atoms. The molecule has 0 saturated heterocycles. The summed E-state index contributed by atoms with van der Waals surface area (Å²) in [5.74, 6) is 1.81. The molecule has 1 rings (SSSR count). The van der Waals surface area contributed by atoms with Crippen molar-refractivity contribution in [3.05, 3.63) is 18.3 Å². The average molecular weight is 222 g/mol. The molecule has 1 aromatic rings.